The van der Waals surface area contributed by atoms with Gasteiger partial charge in [-0.2, -0.15) is 0 Å². The van der Waals surface area contributed by atoms with E-state index in [2.05, 4.69) is 4.99 Å². The highest BCUT2D eigenvalue weighted by Gasteiger charge is 2.19. The zero-order valence-corrected chi connectivity index (χ0v) is 10.8. The Morgan fingerprint density at radius 2 is 2.00 bits per heavy atom. The van der Waals surface area contributed by atoms with Crippen LogP contribution in [0.2, 0.25) is 0 Å². The van der Waals surface area contributed by atoms with Crippen molar-refractivity contribution in [2.24, 2.45) is 4.99 Å². The Hall–Kier alpha value is -2.75. The molecule has 0 aliphatic carbocycles. The summed E-state index contributed by atoms with van der Waals surface area (Å²) in [5.41, 5.74) is 1.51. The molecule has 0 saturated carbocycles. The topological polar surface area (TPSA) is 44.0 Å². The van der Waals surface area contributed by atoms with Gasteiger partial charge in [0, 0.05) is 6.07 Å². The van der Waals surface area contributed by atoms with Crippen LogP contribution in [0, 0.1) is 0 Å². The summed E-state index contributed by atoms with van der Waals surface area (Å²) in [4.78, 5) is 4.39. The summed E-state index contributed by atoms with van der Waals surface area (Å²) < 4.78 is 17.0. The number of ether oxygens (including phenoxy) is 2. The van der Waals surface area contributed by atoms with Crippen LogP contribution in [-0.2, 0) is 0 Å². The molecule has 0 bridgehead atoms. The Kier molecular flexibility index (Phi) is 2.29. The molecule has 0 unspecified atom stereocenters. The van der Waals surface area contributed by atoms with E-state index in [1.807, 2.05) is 42.5 Å². The van der Waals surface area contributed by atoms with Gasteiger partial charge in [0.05, 0.1) is 18.7 Å². The summed E-state index contributed by atoms with van der Waals surface area (Å²) in [6, 6.07) is 13.3. The Balaban J connectivity index is 1.94. The molecule has 2 heterocycles. The predicted octanol–water partition coefficient (Wildman–Crippen LogP) is 4.30. The molecule has 0 atom stereocenters. The lowest BCUT2D eigenvalue weighted by Crippen LogP contribution is -1.84. The summed E-state index contributed by atoms with van der Waals surface area (Å²) >= 11 is 0. The molecule has 4 rings (SSSR count). The second-order valence-electron chi connectivity index (χ2n) is 4.49. The first kappa shape index (κ1) is 11.1. The average Bonchev–Trinajstić information content (AvgIpc) is 2.72. The van der Waals surface area contributed by atoms with Gasteiger partial charge in [0.15, 0.2) is 17.3 Å². The number of methoxy groups -OCH3 is 1. The lowest BCUT2D eigenvalue weighted by atomic mass is 10.2. The van der Waals surface area contributed by atoms with E-state index in [0.717, 1.165) is 28.2 Å². The van der Waals surface area contributed by atoms with Crippen molar-refractivity contribution in [3.05, 3.63) is 48.2 Å². The summed E-state index contributed by atoms with van der Waals surface area (Å²) in [6.45, 7) is 0. The molecule has 0 N–H and O–H groups in total. The molecule has 1 aliphatic rings. The Morgan fingerprint density at radius 3 is 2.90 bits per heavy atom. The van der Waals surface area contributed by atoms with Crippen molar-refractivity contribution in [3.8, 4) is 17.2 Å². The third kappa shape index (κ3) is 1.58. The minimum Gasteiger partial charge on any atom is -0.497 e. The van der Waals surface area contributed by atoms with Gasteiger partial charge in [-0.3, -0.25) is 0 Å². The van der Waals surface area contributed by atoms with Crippen molar-refractivity contribution >= 4 is 22.9 Å². The van der Waals surface area contributed by atoms with Crippen molar-refractivity contribution in [1.82, 2.24) is 0 Å². The zero-order chi connectivity index (χ0) is 13.5. The number of para-hydroxylation sites is 2. The maximum atomic E-state index is 5.97. The van der Waals surface area contributed by atoms with Gasteiger partial charge >= 0.3 is 0 Å². The number of hydrogen-bond donors (Lipinski definition) is 0. The van der Waals surface area contributed by atoms with Crippen LogP contribution < -0.4 is 9.47 Å². The molecule has 1 aliphatic heterocycles. The molecule has 0 fully saturated rings. The minimum atomic E-state index is 0.615. The fourth-order valence-corrected chi connectivity index (χ4v) is 2.28. The number of furan rings is 1. The van der Waals surface area contributed by atoms with Crippen LogP contribution in [-0.4, -0.2) is 13.3 Å². The number of nitrogens with zero attached hydrogens (tertiary/aromatic N) is 1. The first-order valence-electron chi connectivity index (χ1n) is 6.26. The van der Waals surface area contributed by atoms with E-state index in [1.165, 1.54) is 0 Å². The Bertz CT molecular complexity index is 833. The quantitative estimate of drug-likeness (QED) is 0.515. The van der Waals surface area contributed by atoms with Gasteiger partial charge in [-0.05, 0) is 24.3 Å². The first-order valence-corrected chi connectivity index (χ1v) is 6.26. The highest BCUT2D eigenvalue weighted by atomic mass is 16.5. The molecule has 1 aromatic heterocycles. The van der Waals surface area contributed by atoms with Gasteiger partial charge in [-0.25, -0.2) is 4.99 Å². The molecule has 2 aromatic carbocycles. The van der Waals surface area contributed by atoms with E-state index >= 15 is 0 Å². The van der Waals surface area contributed by atoms with Gasteiger partial charge in [-0.15, -0.1) is 0 Å². The third-order valence-electron chi connectivity index (χ3n) is 3.28. The summed E-state index contributed by atoms with van der Waals surface area (Å²) in [7, 11) is 1.63. The maximum Gasteiger partial charge on any atom is 0.188 e. The molecule has 0 saturated heterocycles. The molecule has 98 valence electrons. The monoisotopic (exact) mass is 265 g/mol. The van der Waals surface area contributed by atoms with Crippen molar-refractivity contribution in [2.45, 2.75) is 0 Å². The Morgan fingerprint density at radius 1 is 1.10 bits per heavy atom. The summed E-state index contributed by atoms with van der Waals surface area (Å²) in [5.74, 6) is 2.78. The molecule has 4 heteroatoms. The predicted molar refractivity (Wildman–Crippen MR) is 76.5 cm³/mol. The molecule has 0 radical (unpaired) electrons. The van der Waals surface area contributed by atoms with Gasteiger partial charge in [0.25, 0.3) is 0 Å². The number of hydrogen-bond acceptors (Lipinski definition) is 4. The van der Waals surface area contributed by atoms with Crippen LogP contribution in [0.15, 0.2) is 51.9 Å². The SMILES string of the molecule is COc1ccc2c3c(oc2c1)C=Nc1ccccc1O3. The highest BCUT2D eigenvalue weighted by Crippen LogP contribution is 2.41. The van der Waals surface area contributed by atoms with E-state index in [9.17, 15) is 0 Å². The largest absolute Gasteiger partial charge is 0.497 e. The fourth-order valence-electron chi connectivity index (χ4n) is 2.28. The molecular formula is C16H11NO3. The number of aliphatic imine (C=N–C) groups is 1. The normalized spacial score (nSPS) is 12.4. The maximum absolute atomic E-state index is 5.97. The molecular weight excluding hydrogens is 254 g/mol. The Labute approximate surface area is 115 Å². The van der Waals surface area contributed by atoms with Crippen molar-refractivity contribution < 1.29 is 13.9 Å². The van der Waals surface area contributed by atoms with Crippen LogP contribution in [0.1, 0.15) is 5.76 Å². The summed E-state index contributed by atoms with van der Waals surface area (Å²) in [5, 5.41) is 0.906. The lowest BCUT2D eigenvalue weighted by Gasteiger charge is -2.05. The highest BCUT2D eigenvalue weighted by molar-refractivity contribution is 5.97. The minimum absolute atomic E-state index is 0.615. The number of fused-ring (bicyclic) bond motifs is 4. The van der Waals surface area contributed by atoms with E-state index in [4.69, 9.17) is 13.9 Å². The average molecular weight is 265 g/mol. The van der Waals surface area contributed by atoms with Gasteiger partial charge in [0.1, 0.15) is 17.0 Å². The number of benzene rings is 2. The smallest absolute Gasteiger partial charge is 0.188 e. The second-order valence-corrected chi connectivity index (χ2v) is 4.49. The van der Waals surface area contributed by atoms with Crippen LogP contribution in [0.3, 0.4) is 0 Å². The standard InChI is InChI=1S/C16H11NO3/c1-18-10-6-7-11-14(8-10)19-15-9-17-12-4-2-3-5-13(12)20-16(11)15/h2-9H,1H3. The van der Waals surface area contributed by atoms with E-state index in [-0.39, 0.29) is 0 Å². The van der Waals surface area contributed by atoms with Crippen molar-refractivity contribution in [3.63, 3.8) is 0 Å². The van der Waals surface area contributed by atoms with Crippen LogP contribution in [0.5, 0.6) is 17.2 Å². The summed E-state index contributed by atoms with van der Waals surface area (Å²) in [6.07, 6.45) is 1.69. The van der Waals surface area contributed by atoms with E-state index in [1.54, 1.807) is 13.3 Å². The first-order chi connectivity index (χ1) is 9.85. The zero-order valence-electron chi connectivity index (χ0n) is 10.8. The number of rotatable bonds is 1. The van der Waals surface area contributed by atoms with Crippen molar-refractivity contribution in [2.75, 3.05) is 7.11 Å². The van der Waals surface area contributed by atoms with E-state index in [0.29, 0.717) is 11.5 Å². The van der Waals surface area contributed by atoms with Crippen LogP contribution in [0.4, 0.5) is 5.69 Å². The van der Waals surface area contributed by atoms with Gasteiger partial charge in [0.2, 0.25) is 0 Å². The lowest BCUT2D eigenvalue weighted by molar-refractivity contribution is 0.414. The van der Waals surface area contributed by atoms with Gasteiger partial charge in [-0.1, -0.05) is 12.1 Å². The third-order valence-corrected chi connectivity index (χ3v) is 3.28. The molecule has 20 heavy (non-hydrogen) atoms. The molecule has 0 spiro atoms. The molecule has 0 amide bonds. The molecule has 3 aromatic rings. The van der Waals surface area contributed by atoms with Crippen LogP contribution >= 0.6 is 0 Å². The van der Waals surface area contributed by atoms with Gasteiger partial charge < -0.3 is 13.9 Å². The van der Waals surface area contributed by atoms with E-state index < -0.39 is 0 Å². The molecule has 4 nitrogen and oxygen atoms in total. The second kappa shape index (κ2) is 4.13. The fraction of sp³-hybridized carbons (Fsp3) is 0.0625. The van der Waals surface area contributed by atoms with Crippen LogP contribution in [0.25, 0.3) is 11.0 Å². The van der Waals surface area contributed by atoms with Crippen molar-refractivity contribution in [1.29, 1.82) is 0 Å².